The molecular formula is C18H15F3N2O2. The van der Waals surface area contributed by atoms with Gasteiger partial charge in [-0.3, -0.25) is 9.59 Å². The van der Waals surface area contributed by atoms with Crippen LogP contribution in [0.2, 0.25) is 0 Å². The molecular weight excluding hydrogens is 333 g/mol. The molecule has 0 aromatic heterocycles. The standard InChI is InChI=1S/C18H15F3N2O2/c19-13-6-4-11(5-7-13)8-12-9-23(18(25)17(12)22-10-24)15-3-1-2-14(20)16(15)21/h1-7,10,12,17H,8-9H2,(H,22,24). The van der Waals surface area contributed by atoms with Gasteiger partial charge in [0, 0.05) is 12.5 Å². The largest absolute Gasteiger partial charge is 0.347 e. The Hall–Kier alpha value is -2.83. The van der Waals surface area contributed by atoms with Crippen molar-refractivity contribution in [2.75, 3.05) is 11.4 Å². The zero-order chi connectivity index (χ0) is 18.0. The van der Waals surface area contributed by atoms with Gasteiger partial charge in [-0.05, 0) is 36.2 Å². The topological polar surface area (TPSA) is 49.4 Å². The molecule has 25 heavy (non-hydrogen) atoms. The Morgan fingerprint density at radius 2 is 1.84 bits per heavy atom. The summed E-state index contributed by atoms with van der Waals surface area (Å²) in [5.41, 5.74) is 0.614. The fourth-order valence-corrected chi connectivity index (χ4v) is 3.10. The minimum Gasteiger partial charge on any atom is -0.347 e. The van der Waals surface area contributed by atoms with Crippen molar-refractivity contribution in [1.82, 2.24) is 5.32 Å². The zero-order valence-corrected chi connectivity index (χ0v) is 13.1. The molecule has 2 aromatic carbocycles. The molecule has 3 rings (SSSR count). The maximum atomic E-state index is 14.0. The number of carbonyl (C=O) groups is 2. The average Bonchev–Trinajstić information content (AvgIpc) is 2.89. The predicted octanol–water partition coefficient (Wildman–Crippen LogP) is 2.42. The number of benzene rings is 2. The van der Waals surface area contributed by atoms with Crippen LogP contribution in [0.15, 0.2) is 42.5 Å². The first-order chi connectivity index (χ1) is 12.0. The van der Waals surface area contributed by atoms with Crippen molar-refractivity contribution in [2.24, 2.45) is 5.92 Å². The third kappa shape index (κ3) is 3.35. The Balaban J connectivity index is 1.88. The van der Waals surface area contributed by atoms with Crippen LogP contribution < -0.4 is 10.2 Å². The smallest absolute Gasteiger partial charge is 0.250 e. The Morgan fingerprint density at radius 1 is 1.12 bits per heavy atom. The SMILES string of the molecule is O=CNC1C(=O)N(c2cccc(F)c2F)CC1Cc1ccc(F)cc1. The second kappa shape index (κ2) is 6.96. The number of hydrogen-bond donors (Lipinski definition) is 1. The number of amides is 2. The molecule has 1 aliphatic rings. The van der Waals surface area contributed by atoms with Gasteiger partial charge in [-0.2, -0.15) is 0 Å². The molecule has 1 aliphatic heterocycles. The van der Waals surface area contributed by atoms with Crippen molar-refractivity contribution < 1.29 is 22.8 Å². The van der Waals surface area contributed by atoms with Crippen LogP contribution in [-0.2, 0) is 16.0 Å². The molecule has 0 bridgehead atoms. The van der Waals surface area contributed by atoms with Crippen LogP contribution in [0.1, 0.15) is 5.56 Å². The zero-order valence-electron chi connectivity index (χ0n) is 13.1. The van der Waals surface area contributed by atoms with Crippen LogP contribution in [0.5, 0.6) is 0 Å². The molecule has 2 atom stereocenters. The third-order valence-corrected chi connectivity index (χ3v) is 4.30. The number of rotatable bonds is 5. The number of anilines is 1. The highest BCUT2D eigenvalue weighted by atomic mass is 19.2. The molecule has 0 saturated carbocycles. The van der Waals surface area contributed by atoms with E-state index >= 15 is 0 Å². The fraction of sp³-hybridized carbons (Fsp3) is 0.222. The molecule has 2 amide bonds. The van der Waals surface area contributed by atoms with Crippen LogP contribution >= 0.6 is 0 Å². The fourth-order valence-electron chi connectivity index (χ4n) is 3.10. The summed E-state index contributed by atoms with van der Waals surface area (Å²) in [6.07, 6.45) is 0.788. The summed E-state index contributed by atoms with van der Waals surface area (Å²) in [6.45, 7) is 0.113. The van der Waals surface area contributed by atoms with E-state index in [0.717, 1.165) is 16.5 Å². The van der Waals surface area contributed by atoms with Gasteiger partial charge in [0.05, 0.1) is 5.69 Å². The van der Waals surface area contributed by atoms with Crippen molar-refractivity contribution in [3.63, 3.8) is 0 Å². The van der Waals surface area contributed by atoms with Crippen molar-refractivity contribution in [1.29, 1.82) is 0 Å². The third-order valence-electron chi connectivity index (χ3n) is 4.30. The summed E-state index contributed by atoms with van der Waals surface area (Å²) in [4.78, 5) is 24.6. The monoisotopic (exact) mass is 348 g/mol. The van der Waals surface area contributed by atoms with Gasteiger partial charge in [0.1, 0.15) is 11.9 Å². The van der Waals surface area contributed by atoms with Gasteiger partial charge < -0.3 is 10.2 Å². The highest BCUT2D eigenvalue weighted by Crippen LogP contribution is 2.30. The van der Waals surface area contributed by atoms with E-state index in [-0.39, 0.29) is 24.0 Å². The van der Waals surface area contributed by atoms with E-state index in [1.54, 1.807) is 12.1 Å². The van der Waals surface area contributed by atoms with Crippen LogP contribution in [-0.4, -0.2) is 24.9 Å². The van der Waals surface area contributed by atoms with Crippen LogP contribution in [0.4, 0.5) is 18.9 Å². The van der Waals surface area contributed by atoms with Gasteiger partial charge in [-0.15, -0.1) is 0 Å². The molecule has 1 saturated heterocycles. The second-order valence-corrected chi connectivity index (χ2v) is 5.87. The summed E-state index contributed by atoms with van der Waals surface area (Å²) in [7, 11) is 0. The van der Waals surface area contributed by atoms with E-state index < -0.39 is 23.6 Å². The first-order valence-corrected chi connectivity index (χ1v) is 7.71. The molecule has 1 heterocycles. The molecule has 0 spiro atoms. The van der Waals surface area contributed by atoms with Gasteiger partial charge in [0.2, 0.25) is 12.3 Å². The minimum absolute atomic E-state index is 0.113. The molecule has 0 aliphatic carbocycles. The summed E-state index contributed by atoms with van der Waals surface area (Å²) in [5.74, 6) is -3.40. The van der Waals surface area contributed by atoms with E-state index in [4.69, 9.17) is 0 Å². The average molecular weight is 348 g/mol. The van der Waals surface area contributed by atoms with Crippen LogP contribution in [0.25, 0.3) is 0 Å². The van der Waals surface area contributed by atoms with Gasteiger partial charge in [-0.25, -0.2) is 13.2 Å². The summed E-state index contributed by atoms with van der Waals surface area (Å²) in [6, 6.07) is 8.52. The molecule has 130 valence electrons. The van der Waals surface area contributed by atoms with E-state index in [1.165, 1.54) is 24.3 Å². The van der Waals surface area contributed by atoms with Gasteiger partial charge in [-0.1, -0.05) is 18.2 Å². The van der Waals surface area contributed by atoms with Gasteiger partial charge >= 0.3 is 0 Å². The lowest BCUT2D eigenvalue weighted by Gasteiger charge is -2.17. The molecule has 2 aromatic rings. The van der Waals surface area contributed by atoms with Crippen molar-refractivity contribution in [3.05, 3.63) is 65.5 Å². The Bertz CT molecular complexity index is 795. The van der Waals surface area contributed by atoms with E-state index in [9.17, 15) is 22.8 Å². The van der Waals surface area contributed by atoms with E-state index in [2.05, 4.69) is 5.32 Å². The predicted molar refractivity (Wildman–Crippen MR) is 85.3 cm³/mol. The second-order valence-electron chi connectivity index (χ2n) is 5.87. The van der Waals surface area contributed by atoms with Gasteiger partial charge in [0.15, 0.2) is 11.6 Å². The Labute approximate surface area is 142 Å². The Morgan fingerprint density at radius 3 is 2.52 bits per heavy atom. The highest BCUT2D eigenvalue weighted by molar-refractivity contribution is 6.00. The van der Waals surface area contributed by atoms with Crippen LogP contribution in [0, 0.1) is 23.4 Å². The van der Waals surface area contributed by atoms with Gasteiger partial charge in [0.25, 0.3) is 0 Å². The Kier molecular flexibility index (Phi) is 4.74. The van der Waals surface area contributed by atoms with Crippen molar-refractivity contribution in [3.8, 4) is 0 Å². The summed E-state index contributed by atoms with van der Waals surface area (Å²) < 4.78 is 40.5. The number of nitrogens with one attached hydrogen (secondary N) is 1. The first-order valence-electron chi connectivity index (χ1n) is 7.71. The number of carbonyl (C=O) groups excluding carboxylic acids is 2. The molecule has 7 heteroatoms. The summed E-state index contributed by atoms with van der Waals surface area (Å²) >= 11 is 0. The minimum atomic E-state index is -1.11. The number of nitrogens with zero attached hydrogens (tertiary/aromatic N) is 1. The lowest BCUT2D eigenvalue weighted by molar-refractivity contribution is -0.122. The van der Waals surface area contributed by atoms with Crippen LogP contribution in [0.3, 0.4) is 0 Å². The molecule has 1 fully saturated rings. The lowest BCUT2D eigenvalue weighted by Crippen LogP contribution is -2.40. The lowest BCUT2D eigenvalue weighted by atomic mass is 9.95. The molecule has 4 nitrogen and oxygen atoms in total. The first kappa shape index (κ1) is 17.0. The number of halogens is 3. The van der Waals surface area contributed by atoms with Crippen molar-refractivity contribution in [2.45, 2.75) is 12.5 Å². The van der Waals surface area contributed by atoms with E-state index in [1.807, 2.05) is 0 Å². The maximum absolute atomic E-state index is 14.0. The quantitative estimate of drug-likeness (QED) is 0.844. The normalized spacial score (nSPS) is 20.0. The van der Waals surface area contributed by atoms with E-state index in [0.29, 0.717) is 12.8 Å². The maximum Gasteiger partial charge on any atom is 0.250 e. The highest BCUT2D eigenvalue weighted by Gasteiger charge is 2.41. The molecule has 2 unspecified atom stereocenters. The molecule has 1 N–H and O–H groups in total. The van der Waals surface area contributed by atoms with Crippen molar-refractivity contribution >= 4 is 18.0 Å². The molecule has 0 radical (unpaired) electrons. The number of hydrogen-bond acceptors (Lipinski definition) is 2. The summed E-state index contributed by atoms with van der Waals surface area (Å²) in [5, 5.41) is 2.45.